The predicted octanol–water partition coefficient (Wildman–Crippen LogP) is 2.38. The van der Waals surface area contributed by atoms with Crippen molar-refractivity contribution in [3.05, 3.63) is 75.8 Å². The number of nitriles is 1. The number of ether oxygens (including phenoxy) is 3. The second-order valence-electron chi connectivity index (χ2n) is 7.10. The van der Waals surface area contributed by atoms with E-state index in [1.54, 1.807) is 30.3 Å². The molecular formula is C22H20N4O9S. The minimum Gasteiger partial charge on any atom is -0.461 e. The molecule has 0 saturated carbocycles. The Labute approximate surface area is 205 Å². The van der Waals surface area contributed by atoms with Crippen molar-refractivity contribution < 1.29 is 37.2 Å². The third kappa shape index (κ3) is 5.77. The first kappa shape index (κ1) is 26.1. The summed E-state index contributed by atoms with van der Waals surface area (Å²) in [4.78, 5) is 32.3. The molecule has 3 rings (SSSR count). The van der Waals surface area contributed by atoms with E-state index in [1.807, 2.05) is 6.07 Å². The van der Waals surface area contributed by atoms with Crippen LogP contribution in [0.25, 0.3) is 0 Å². The van der Waals surface area contributed by atoms with Gasteiger partial charge in [0.2, 0.25) is 5.71 Å². The number of hydroxylamine groups is 2. The minimum atomic E-state index is -4.11. The number of esters is 1. The fraction of sp³-hybridized carbons (Fsp3) is 0.227. The smallest absolute Gasteiger partial charge is 0.364 e. The number of carbonyl (C=O) groups is 1. The average Bonchev–Trinajstić information content (AvgIpc) is 2.83. The van der Waals surface area contributed by atoms with E-state index in [-0.39, 0.29) is 23.7 Å². The lowest BCUT2D eigenvalue weighted by molar-refractivity contribution is -0.421. The first-order chi connectivity index (χ1) is 17.1. The number of sulfone groups is 1. The SMILES string of the molecule is CCOC(=O)C1=NC(S(C)(=O)=O)N(OC)C(Oc2cc(C#N)cc(Oc3ccccc3)c2)=C1[N+](=O)[O-]. The van der Waals surface area contributed by atoms with E-state index in [0.717, 1.165) is 13.4 Å². The van der Waals surface area contributed by atoms with Crippen LogP contribution in [-0.2, 0) is 24.2 Å². The van der Waals surface area contributed by atoms with Crippen molar-refractivity contribution in [3.8, 4) is 23.3 Å². The number of hydrogen-bond donors (Lipinski definition) is 0. The van der Waals surface area contributed by atoms with E-state index in [2.05, 4.69) is 4.99 Å². The topological polar surface area (TPSA) is 171 Å². The molecule has 1 unspecified atom stereocenters. The standard InChI is InChI=1S/C22H20N4O9S/c1-4-33-21(27)18-19(26(28)29)20(25(32-2)22(24-18)36(3,30)31)35-17-11-14(13-23)10-16(12-17)34-15-8-6-5-7-9-15/h5-12,22H,4H2,1-3H3. The molecule has 1 aliphatic rings. The summed E-state index contributed by atoms with van der Waals surface area (Å²) in [6.45, 7) is 1.31. The second-order valence-corrected chi connectivity index (χ2v) is 9.18. The van der Waals surface area contributed by atoms with Crippen LogP contribution in [-0.4, -0.2) is 55.6 Å². The summed E-state index contributed by atoms with van der Waals surface area (Å²) in [5, 5.41) is 22.0. The van der Waals surface area contributed by atoms with Crippen molar-refractivity contribution in [1.29, 1.82) is 5.26 Å². The van der Waals surface area contributed by atoms with Crippen LogP contribution in [0.1, 0.15) is 12.5 Å². The molecule has 2 aromatic rings. The fourth-order valence-electron chi connectivity index (χ4n) is 3.07. The molecular weight excluding hydrogens is 496 g/mol. The first-order valence-corrected chi connectivity index (χ1v) is 12.2. The molecule has 0 saturated heterocycles. The van der Waals surface area contributed by atoms with Gasteiger partial charge in [0.1, 0.15) is 17.2 Å². The summed E-state index contributed by atoms with van der Waals surface area (Å²) in [6, 6.07) is 14.5. The largest absolute Gasteiger partial charge is 0.461 e. The summed E-state index contributed by atoms with van der Waals surface area (Å²) in [7, 11) is -3.07. The van der Waals surface area contributed by atoms with Gasteiger partial charge in [-0.05, 0) is 31.2 Å². The van der Waals surface area contributed by atoms with Gasteiger partial charge in [-0.1, -0.05) is 18.2 Å². The van der Waals surface area contributed by atoms with Gasteiger partial charge in [-0.2, -0.15) is 10.3 Å². The van der Waals surface area contributed by atoms with Crippen molar-refractivity contribution in [2.75, 3.05) is 20.0 Å². The number of hydrogen-bond acceptors (Lipinski definition) is 12. The van der Waals surface area contributed by atoms with Crippen LogP contribution in [0.5, 0.6) is 17.2 Å². The molecule has 0 aromatic heterocycles. The van der Waals surface area contributed by atoms with Crippen molar-refractivity contribution in [1.82, 2.24) is 5.06 Å². The van der Waals surface area contributed by atoms with Crippen molar-refractivity contribution in [2.24, 2.45) is 4.99 Å². The minimum absolute atomic E-state index is 0.0698. The van der Waals surface area contributed by atoms with Gasteiger partial charge >= 0.3 is 17.5 Å². The Morgan fingerprint density at radius 3 is 2.33 bits per heavy atom. The van der Waals surface area contributed by atoms with Crippen molar-refractivity contribution >= 4 is 21.5 Å². The van der Waals surface area contributed by atoms with Crippen molar-refractivity contribution in [3.63, 3.8) is 0 Å². The van der Waals surface area contributed by atoms with Crippen LogP contribution in [0.2, 0.25) is 0 Å². The lowest BCUT2D eigenvalue weighted by atomic mass is 10.2. The maximum Gasteiger partial charge on any atom is 0.364 e. The zero-order valence-corrected chi connectivity index (χ0v) is 20.1. The highest BCUT2D eigenvalue weighted by atomic mass is 32.2. The Bertz CT molecular complexity index is 1380. The molecule has 0 fully saturated rings. The van der Waals surface area contributed by atoms with Gasteiger partial charge in [0.25, 0.3) is 5.50 Å². The number of aliphatic imine (C=N–C) groups is 1. The molecule has 1 aliphatic heterocycles. The van der Waals surface area contributed by atoms with E-state index in [0.29, 0.717) is 10.8 Å². The lowest BCUT2D eigenvalue weighted by Gasteiger charge is -2.31. The van der Waals surface area contributed by atoms with Crippen LogP contribution < -0.4 is 9.47 Å². The number of nitrogens with zero attached hydrogens (tertiary/aromatic N) is 4. The van der Waals surface area contributed by atoms with Gasteiger partial charge < -0.3 is 14.2 Å². The maximum atomic E-state index is 12.5. The molecule has 13 nitrogen and oxygen atoms in total. The molecule has 0 radical (unpaired) electrons. The van der Waals surface area contributed by atoms with Crippen LogP contribution in [0.15, 0.2) is 65.1 Å². The van der Waals surface area contributed by atoms with E-state index in [9.17, 15) is 28.6 Å². The molecule has 0 N–H and O–H groups in total. The predicted molar refractivity (Wildman–Crippen MR) is 124 cm³/mol. The molecule has 14 heteroatoms. The number of carbonyl (C=O) groups excluding carboxylic acids is 1. The maximum absolute atomic E-state index is 12.5. The highest BCUT2D eigenvalue weighted by Gasteiger charge is 2.47. The lowest BCUT2D eigenvalue weighted by Crippen LogP contribution is -2.47. The van der Waals surface area contributed by atoms with Gasteiger partial charge in [0, 0.05) is 12.3 Å². The summed E-state index contributed by atoms with van der Waals surface area (Å²) < 4.78 is 41.1. The van der Waals surface area contributed by atoms with Gasteiger partial charge in [0.05, 0.1) is 30.3 Å². The molecule has 2 aromatic carbocycles. The zero-order chi connectivity index (χ0) is 26.5. The summed E-state index contributed by atoms with van der Waals surface area (Å²) in [6.07, 6.45) is 0.798. The van der Waals surface area contributed by atoms with E-state index < -0.39 is 43.5 Å². The van der Waals surface area contributed by atoms with Gasteiger partial charge in [-0.15, -0.1) is 0 Å². The molecule has 1 atom stereocenters. The molecule has 0 aliphatic carbocycles. The summed E-state index contributed by atoms with van der Waals surface area (Å²) >= 11 is 0. The molecule has 0 amide bonds. The number of nitro groups is 1. The van der Waals surface area contributed by atoms with Crippen LogP contribution >= 0.6 is 0 Å². The van der Waals surface area contributed by atoms with Crippen molar-refractivity contribution in [2.45, 2.75) is 12.4 Å². The highest BCUT2D eigenvalue weighted by molar-refractivity contribution is 7.91. The third-order valence-corrected chi connectivity index (χ3v) is 5.56. The third-order valence-electron chi connectivity index (χ3n) is 4.50. The number of benzene rings is 2. The van der Waals surface area contributed by atoms with Crippen LogP contribution in [0.4, 0.5) is 0 Å². The molecule has 0 spiro atoms. The summed E-state index contributed by atoms with van der Waals surface area (Å²) in [5.41, 5.74) is -3.71. The Kier molecular flexibility index (Phi) is 7.87. The Balaban J connectivity index is 2.17. The van der Waals surface area contributed by atoms with Gasteiger partial charge in [0.15, 0.2) is 9.84 Å². The van der Waals surface area contributed by atoms with Crippen LogP contribution in [0, 0.1) is 21.4 Å². The Morgan fingerprint density at radius 2 is 1.81 bits per heavy atom. The first-order valence-electron chi connectivity index (χ1n) is 10.2. The molecule has 1 heterocycles. The van der Waals surface area contributed by atoms with Crippen LogP contribution in [0.3, 0.4) is 0 Å². The highest BCUT2D eigenvalue weighted by Crippen LogP contribution is 2.32. The van der Waals surface area contributed by atoms with E-state index >= 15 is 0 Å². The monoisotopic (exact) mass is 516 g/mol. The summed E-state index contributed by atoms with van der Waals surface area (Å²) in [5.74, 6) is -1.55. The van der Waals surface area contributed by atoms with Gasteiger partial charge in [-0.25, -0.2) is 18.2 Å². The molecule has 0 bridgehead atoms. The van der Waals surface area contributed by atoms with E-state index in [4.69, 9.17) is 19.0 Å². The quantitative estimate of drug-likeness (QED) is 0.272. The van der Waals surface area contributed by atoms with Gasteiger partial charge in [-0.3, -0.25) is 15.0 Å². The molecule has 36 heavy (non-hydrogen) atoms. The zero-order valence-electron chi connectivity index (χ0n) is 19.3. The Hall–Kier alpha value is -4.48. The normalized spacial score (nSPS) is 15.6. The number of para-hydroxylation sites is 1. The molecule has 188 valence electrons. The Morgan fingerprint density at radius 1 is 1.17 bits per heavy atom. The second kappa shape index (κ2) is 10.8. The van der Waals surface area contributed by atoms with E-state index in [1.165, 1.54) is 25.1 Å². The average molecular weight is 516 g/mol. The number of rotatable bonds is 9. The fourth-order valence-corrected chi connectivity index (χ4v) is 3.90.